The number of nitrogens with zero attached hydrogens (tertiary/aromatic N) is 1. The summed E-state index contributed by atoms with van der Waals surface area (Å²) in [5, 5.41) is 3.15. The lowest BCUT2D eigenvalue weighted by Crippen LogP contribution is -2.52. The zero-order chi connectivity index (χ0) is 23.3. The van der Waals surface area contributed by atoms with Crippen LogP contribution in [0.2, 0.25) is 0 Å². The molecule has 8 nitrogen and oxygen atoms in total. The number of hydrogen-bond acceptors (Lipinski definition) is 6. The number of hydrogen-bond donors (Lipinski definition) is 1. The number of benzene rings is 1. The average Bonchev–Trinajstić information content (AvgIpc) is 3.58. The second kappa shape index (κ2) is 10.1. The Balaban J connectivity index is 1.44. The maximum absolute atomic E-state index is 13.8. The molecule has 8 heteroatoms. The zero-order valence-electron chi connectivity index (χ0n) is 18.9. The van der Waals surface area contributed by atoms with Gasteiger partial charge >= 0.3 is 0 Å². The average molecular weight is 465 g/mol. The van der Waals surface area contributed by atoms with E-state index in [1.54, 1.807) is 42.7 Å². The van der Waals surface area contributed by atoms with E-state index in [1.165, 1.54) is 17.6 Å². The van der Waals surface area contributed by atoms with E-state index in [4.69, 9.17) is 18.3 Å². The molecule has 0 saturated heterocycles. The second-order valence-electron chi connectivity index (χ2n) is 8.67. The fourth-order valence-corrected chi connectivity index (χ4v) is 4.59. The largest absolute Gasteiger partial charge is 0.485 e. The van der Waals surface area contributed by atoms with Gasteiger partial charge in [0, 0.05) is 6.04 Å². The van der Waals surface area contributed by atoms with Crippen LogP contribution in [0.1, 0.15) is 49.7 Å². The molecular formula is C26H28N2O6. The van der Waals surface area contributed by atoms with Gasteiger partial charge < -0.3 is 28.5 Å². The van der Waals surface area contributed by atoms with Gasteiger partial charge in [0.15, 0.2) is 17.5 Å². The minimum atomic E-state index is -0.977. The van der Waals surface area contributed by atoms with Crippen molar-refractivity contribution < 1.29 is 27.9 Å². The summed E-state index contributed by atoms with van der Waals surface area (Å²) in [4.78, 5) is 28.9. The van der Waals surface area contributed by atoms with E-state index in [9.17, 15) is 9.59 Å². The molecule has 2 amide bonds. The van der Waals surface area contributed by atoms with Crippen molar-refractivity contribution in [3.05, 3.63) is 72.6 Å². The number of carbonyl (C=O) groups excluding carboxylic acids is 2. The Bertz CT molecular complexity index is 1090. The predicted molar refractivity (Wildman–Crippen MR) is 122 cm³/mol. The van der Waals surface area contributed by atoms with E-state index in [0.717, 1.165) is 25.7 Å². The lowest BCUT2D eigenvalue weighted by Gasteiger charge is -2.34. The third-order valence-corrected chi connectivity index (χ3v) is 6.30. The highest BCUT2D eigenvalue weighted by Gasteiger charge is 2.40. The smallest absolute Gasteiger partial charge is 0.268 e. The first-order valence-electron chi connectivity index (χ1n) is 11.7. The molecule has 1 aromatic carbocycles. The first kappa shape index (κ1) is 22.1. The van der Waals surface area contributed by atoms with Crippen LogP contribution in [0.15, 0.2) is 69.9 Å². The van der Waals surface area contributed by atoms with Gasteiger partial charge in [0.05, 0.1) is 19.1 Å². The quantitative estimate of drug-likeness (QED) is 0.562. The number of amides is 2. The van der Waals surface area contributed by atoms with E-state index in [2.05, 4.69) is 5.32 Å². The predicted octanol–water partition coefficient (Wildman–Crippen LogP) is 4.23. The highest BCUT2D eigenvalue weighted by molar-refractivity contribution is 5.90. The zero-order valence-corrected chi connectivity index (χ0v) is 18.9. The van der Waals surface area contributed by atoms with Gasteiger partial charge in [-0.25, -0.2) is 0 Å². The molecule has 5 rings (SSSR count). The van der Waals surface area contributed by atoms with Crippen LogP contribution in [-0.2, 0) is 16.1 Å². The van der Waals surface area contributed by atoms with Gasteiger partial charge in [-0.3, -0.25) is 9.59 Å². The summed E-state index contributed by atoms with van der Waals surface area (Å²) in [6.45, 7) is 0.121. The molecule has 1 fully saturated rings. The molecule has 178 valence electrons. The fourth-order valence-electron chi connectivity index (χ4n) is 4.59. The Hall–Kier alpha value is -3.68. The molecule has 1 saturated carbocycles. The van der Waals surface area contributed by atoms with Crippen molar-refractivity contribution in [2.24, 2.45) is 0 Å². The van der Waals surface area contributed by atoms with E-state index in [1.807, 2.05) is 12.1 Å². The van der Waals surface area contributed by atoms with Gasteiger partial charge in [-0.1, -0.05) is 31.4 Å². The molecule has 1 aliphatic heterocycles. The Kier molecular flexibility index (Phi) is 6.56. The summed E-state index contributed by atoms with van der Waals surface area (Å²) in [5.41, 5.74) is 0. The van der Waals surface area contributed by atoms with Crippen LogP contribution in [0.5, 0.6) is 11.5 Å². The molecule has 3 heterocycles. The molecule has 34 heavy (non-hydrogen) atoms. The third-order valence-electron chi connectivity index (χ3n) is 6.30. The van der Waals surface area contributed by atoms with E-state index < -0.39 is 12.1 Å². The van der Waals surface area contributed by atoms with Crippen molar-refractivity contribution in [1.29, 1.82) is 0 Å². The molecule has 2 aromatic heterocycles. The third kappa shape index (κ3) is 4.81. The summed E-state index contributed by atoms with van der Waals surface area (Å²) in [6, 6.07) is 13.3. The van der Waals surface area contributed by atoms with E-state index >= 15 is 0 Å². The van der Waals surface area contributed by atoms with Crippen molar-refractivity contribution in [1.82, 2.24) is 10.2 Å². The molecule has 0 bridgehead atoms. The molecule has 0 spiro atoms. The summed E-state index contributed by atoms with van der Waals surface area (Å²) in [7, 11) is 0. The first-order valence-corrected chi connectivity index (χ1v) is 11.7. The summed E-state index contributed by atoms with van der Waals surface area (Å²) < 4.78 is 22.9. The second-order valence-corrected chi connectivity index (χ2v) is 8.67. The highest BCUT2D eigenvalue weighted by atomic mass is 16.6. The van der Waals surface area contributed by atoms with E-state index in [0.29, 0.717) is 23.0 Å². The Morgan fingerprint density at radius 3 is 2.44 bits per heavy atom. The van der Waals surface area contributed by atoms with Crippen molar-refractivity contribution in [3.63, 3.8) is 0 Å². The molecule has 3 aromatic rings. The van der Waals surface area contributed by atoms with Crippen LogP contribution in [0.25, 0.3) is 0 Å². The van der Waals surface area contributed by atoms with Gasteiger partial charge in [-0.15, -0.1) is 0 Å². The summed E-state index contributed by atoms with van der Waals surface area (Å²) in [5.74, 6) is 1.34. The number of furan rings is 2. The molecule has 1 aliphatic carbocycles. The molecule has 2 atom stereocenters. The number of fused-ring (bicyclic) bond motifs is 1. The molecule has 0 unspecified atom stereocenters. The minimum Gasteiger partial charge on any atom is -0.485 e. The SMILES string of the molecule is O=C(NC1CCCCC1)[C@H](c1ccco1)N(Cc1ccco1)C(=O)[C@@H]1COc2ccccc2O1. The maximum Gasteiger partial charge on any atom is 0.268 e. The summed E-state index contributed by atoms with van der Waals surface area (Å²) >= 11 is 0. The lowest BCUT2D eigenvalue weighted by atomic mass is 9.95. The molecule has 2 aliphatic rings. The number of ether oxygens (including phenoxy) is 2. The minimum absolute atomic E-state index is 0.0413. The van der Waals surface area contributed by atoms with Gasteiger partial charge in [0.25, 0.3) is 11.8 Å². The van der Waals surface area contributed by atoms with Gasteiger partial charge in [0.2, 0.25) is 6.10 Å². The van der Waals surface area contributed by atoms with Crippen LogP contribution in [-0.4, -0.2) is 35.5 Å². The van der Waals surface area contributed by atoms with E-state index in [-0.39, 0.29) is 31.0 Å². The van der Waals surface area contributed by atoms with Crippen LogP contribution >= 0.6 is 0 Å². The number of carbonyl (C=O) groups is 2. The first-order chi connectivity index (χ1) is 16.7. The topological polar surface area (TPSA) is 94.2 Å². The van der Waals surface area contributed by atoms with Crippen LogP contribution < -0.4 is 14.8 Å². The standard InChI is InChI=1S/C26H28N2O6/c29-25(27-18-8-2-1-3-9-18)24(22-13-7-15-32-22)28(16-19-10-6-14-31-19)26(30)23-17-33-20-11-4-5-12-21(20)34-23/h4-7,10-15,18,23-24H,1-3,8-9,16-17H2,(H,27,29)/t23-,24-/m0/s1. The Labute approximate surface area is 197 Å². The highest BCUT2D eigenvalue weighted by Crippen LogP contribution is 2.33. The van der Waals surface area contributed by atoms with Crippen LogP contribution in [0.3, 0.4) is 0 Å². The number of nitrogens with one attached hydrogen (secondary N) is 1. The van der Waals surface area contributed by atoms with Gasteiger partial charge in [0.1, 0.15) is 18.1 Å². The number of para-hydroxylation sites is 2. The van der Waals surface area contributed by atoms with Crippen molar-refractivity contribution >= 4 is 11.8 Å². The van der Waals surface area contributed by atoms with Gasteiger partial charge in [-0.2, -0.15) is 0 Å². The Morgan fingerprint density at radius 1 is 0.941 bits per heavy atom. The lowest BCUT2D eigenvalue weighted by molar-refractivity contribution is -0.150. The van der Waals surface area contributed by atoms with Crippen molar-refractivity contribution in [2.45, 2.75) is 56.8 Å². The normalized spacial score (nSPS) is 18.8. The van der Waals surface area contributed by atoms with Crippen LogP contribution in [0, 0.1) is 0 Å². The fraction of sp³-hybridized carbons (Fsp3) is 0.385. The van der Waals surface area contributed by atoms with Crippen molar-refractivity contribution in [2.75, 3.05) is 6.61 Å². The van der Waals surface area contributed by atoms with Crippen molar-refractivity contribution in [3.8, 4) is 11.5 Å². The molecular weight excluding hydrogens is 436 g/mol. The number of rotatable bonds is 7. The molecule has 1 N–H and O–H groups in total. The summed E-state index contributed by atoms with van der Waals surface area (Å²) in [6.07, 6.45) is 7.33. The molecule has 0 radical (unpaired) electrons. The van der Waals surface area contributed by atoms with Crippen LogP contribution in [0.4, 0.5) is 0 Å². The maximum atomic E-state index is 13.8. The van der Waals surface area contributed by atoms with Gasteiger partial charge in [-0.05, 0) is 49.2 Å². The Morgan fingerprint density at radius 2 is 1.71 bits per heavy atom. The monoisotopic (exact) mass is 464 g/mol.